The second-order valence-corrected chi connectivity index (χ2v) is 6.36. The molecule has 0 N–H and O–H groups in total. The Morgan fingerprint density at radius 3 is 1.03 bits per heavy atom. The SMILES string of the molecule is COC(=O)C(F)(F)C(F)(F)C(F)(F)C(F)(F)C(F)(F)C(F)(F)C(F)(F)C(F)(F)I. The fourth-order valence-electron chi connectivity index (χ4n) is 1.42. The molecule has 0 fully saturated rings. The van der Waals surface area contributed by atoms with Gasteiger partial charge in [0.05, 0.1) is 7.11 Å². The molecule has 0 saturated heterocycles. The van der Waals surface area contributed by atoms with Gasteiger partial charge in [-0.05, 0) is 0 Å². The summed E-state index contributed by atoms with van der Waals surface area (Å²) < 4.78 is 205. The number of hydrogen-bond acceptors (Lipinski definition) is 2. The molecule has 0 amide bonds. The molecule has 0 unspecified atom stereocenters. The Morgan fingerprint density at radius 2 is 0.793 bits per heavy atom. The maximum absolute atomic E-state index is 13.3. The van der Waals surface area contributed by atoms with Crippen LogP contribution in [-0.2, 0) is 9.53 Å². The highest BCUT2D eigenvalue weighted by atomic mass is 127. The second-order valence-electron chi connectivity index (χ2n) is 5.01. The largest absolute Gasteiger partial charge is 0.464 e. The first-order chi connectivity index (χ1) is 12.2. The third-order valence-electron chi connectivity index (χ3n) is 3.16. The minimum absolute atomic E-state index is 0.200. The molecule has 29 heavy (non-hydrogen) atoms. The molecule has 0 atom stereocenters. The first kappa shape index (κ1) is 28.1. The van der Waals surface area contributed by atoms with Gasteiger partial charge in [0.2, 0.25) is 0 Å². The van der Waals surface area contributed by atoms with Crippen LogP contribution >= 0.6 is 22.6 Å². The minimum atomic E-state index is -8.55. The summed E-state index contributed by atoms with van der Waals surface area (Å²) in [4.78, 5) is 10.4. The summed E-state index contributed by atoms with van der Waals surface area (Å²) in [5.41, 5.74) is 0. The van der Waals surface area contributed by atoms with E-state index in [0.29, 0.717) is 0 Å². The number of carbonyl (C=O) groups excluding carboxylic acids is 1. The van der Waals surface area contributed by atoms with E-state index < -0.39 is 73.9 Å². The molecule has 19 heteroatoms. The molecule has 0 aliphatic carbocycles. The topological polar surface area (TPSA) is 26.3 Å². The zero-order chi connectivity index (χ0) is 24.3. The van der Waals surface area contributed by atoms with E-state index in [2.05, 4.69) is 4.74 Å². The van der Waals surface area contributed by atoms with Crippen molar-refractivity contribution in [3.05, 3.63) is 0 Å². The quantitative estimate of drug-likeness (QED) is 0.160. The lowest BCUT2D eigenvalue weighted by molar-refractivity contribution is -0.445. The Labute approximate surface area is 161 Å². The number of methoxy groups -OCH3 is 1. The van der Waals surface area contributed by atoms with Gasteiger partial charge in [0.15, 0.2) is 0 Å². The molecule has 0 spiro atoms. The van der Waals surface area contributed by atoms with Gasteiger partial charge in [-0.2, -0.15) is 70.2 Å². The van der Waals surface area contributed by atoms with E-state index >= 15 is 0 Å². The molecule has 0 saturated carbocycles. The highest BCUT2D eigenvalue weighted by molar-refractivity contribution is 14.1. The third-order valence-corrected chi connectivity index (χ3v) is 3.84. The Morgan fingerprint density at radius 1 is 0.552 bits per heavy atom. The van der Waals surface area contributed by atoms with Crippen LogP contribution in [0.5, 0.6) is 0 Å². The minimum Gasteiger partial charge on any atom is -0.464 e. The van der Waals surface area contributed by atoms with Gasteiger partial charge in [0.1, 0.15) is 0 Å². The van der Waals surface area contributed by atoms with Gasteiger partial charge in [-0.15, -0.1) is 0 Å². The molecule has 2 nitrogen and oxygen atoms in total. The number of esters is 1. The van der Waals surface area contributed by atoms with E-state index in [-0.39, 0.29) is 7.11 Å². The van der Waals surface area contributed by atoms with Crippen molar-refractivity contribution in [2.75, 3.05) is 7.11 Å². The zero-order valence-electron chi connectivity index (χ0n) is 12.7. The predicted octanol–water partition coefficient (Wildman–Crippen LogP) is 5.63. The van der Waals surface area contributed by atoms with Crippen LogP contribution in [0.2, 0.25) is 0 Å². The smallest absolute Gasteiger partial charge is 0.410 e. The first-order valence-electron chi connectivity index (χ1n) is 6.03. The summed E-state index contributed by atoms with van der Waals surface area (Å²) in [7, 11) is -0.200. The molecule has 174 valence electrons. The molecular weight excluding hydrogens is 583 g/mol. The summed E-state index contributed by atoms with van der Waals surface area (Å²) in [5, 5.41) is 0. The van der Waals surface area contributed by atoms with E-state index in [0.717, 1.165) is 0 Å². The van der Waals surface area contributed by atoms with Crippen LogP contribution in [-0.4, -0.2) is 58.5 Å². The average Bonchev–Trinajstić information content (AvgIpc) is 2.51. The summed E-state index contributed by atoms with van der Waals surface area (Å²) in [5.74, 6) is -60.0. The maximum Gasteiger partial charge on any atom is 0.410 e. The highest BCUT2D eigenvalue weighted by Gasteiger charge is 2.95. The molecule has 0 aromatic heterocycles. The van der Waals surface area contributed by atoms with Gasteiger partial charge in [-0.25, -0.2) is 4.79 Å². The van der Waals surface area contributed by atoms with Crippen molar-refractivity contribution in [1.82, 2.24) is 0 Å². The molecule has 0 aromatic rings. The molecule has 0 heterocycles. The molecule has 0 aliphatic rings. The van der Waals surface area contributed by atoms with Gasteiger partial charge < -0.3 is 4.74 Å². The number of hydrogen-bond donors (Lipinski definition) is 0. The van der Waals surface area contributed by atoms with Crippen LogP contribution in [0.25, 0.3) is 0 Å². The van der Waals surface area contributed by atoms with E-state index in [1.807, 2.05) is 0 Å². The lowest BCUT2D eigenvalue weighted by atomic mass is 9.89. The fraction of sp³-hybridized carbons (Fsp3) is 0.900. The van der Waals surface area contributed by atoms with Gasteiger partial charge in [-0.3, -0.25) is 0 Å². The van der Waals surface area contributed by atoms with Crippen molar-refractivity contribution in [2.45, 2.75) is 45.4 Å². The number of rotatable bonds is 8. The monoisotopic (exact) mass is 586 g/mol. The number of carbonyl (C=O) groups is 1. The van der Waals surface area contributed by atoms with Crippen LogP contribution in [0.3, 0.4) is 0 Å². The van der Waals surface area contributed by atoms with Crippen LogP contribution < -0.4 is 0 Å². The Hall–Kier alpha value is -0.920. The summed E-state index contributed by atoms with van der Waals surface area (Å²) in [6.45, 7) is 0. The summed E-state index contributed by atoms with van der Waals surface area (Å²) in [6.07, 6.45) is 0. The first-order valence-corrected chi connectivity index (χ1v) is 7.11. The van der Waals surface area contributed by atoms with Crippen LogP contribution in [0, 0.1) is 0 Å². The van der Waals surface area contributed by atoms with E-state index in [1.165, 1.54) is 0 Å². The van der Waals surface area contributed by atoms with E-state index in [1.54, 1.807) is 0 Å². The van der Waals surface area contributed by atoms with Gasteiger partial charge in [0.25, 0.3) is 0 Å². The molecule has 0 aromatic carbocycles. The summed E-state index contributed by atoms with van der Waals surface area (Å²) >= 11 is -0.982. The van der Waals surface area contributed by atoms with Gasteiger partial charge >= 0.3 is 51.4 Å². The number of ether oxygens (including phenoxy) is 1. The van der Waals surface area contributed by atoms with Crippen LogP contribution in [0.1, 0.15) is 0 Å². The predicted molar refractivity (Wildman–Crippen MR) is 65.6 cm³/mol. The summed E-state index contributed by atoms with van der Waals surface area (Å²) in [6, 6.07) is 0. The molecule has 0 rings (SSSR count). The normalized spacial score (nSPS) is 16.1. The van der Waals surface area contributed by atoms with E-state index in [4.69, 9.17) is 0 Å². The molecular formula is C10H3F16IO2. The number of alkyl halides is 17. The standard InChI is InChI=1S/C10H3F16IO2/c1-29-2(28)3(11,12)4(13,14)5(15,16)6(17,18)7(19,20)8(21,22)9(23,24)10(25,26)27/h1H3. The fourth-order valence-corrected chi connectivity index (χ4v) is 1.76. The van der Waals surface area contributed by atoms with E-state index in [9.17, 15) is 75.0 Å². The Balaban J connectivity index is 6.77. The van der Waals surface area contributed by atoms with Crippen molar-refractivity contribution in [1.29, 1.82) is 0 Å². The van der Waals surface area contributed by atoms with Crippen molar-refractivity contribution >= 4 is 28.6 Å². The molecule has 0 radical (unpaired) electrons. The van der Waals surface area contributed by atoms with Crippen LogP contribution in [0.15, 0.2) is 0 Å². The van der Waals surface area contributed by atoms with Gasteiger partial charge in [-0.1, -0.05) is 0 Å². The Kier molecular flexibility index (Phi) is 6.84. The van der Waals surface area contributed by atoms with Crippen LogP contribution in [0.4, 0.5) is 70.2 Å². The second kappa shape index (κ2) is 7.06. The Bertz CT molecular complexity index is 636. The molecule has 0 bridgehead atoms. The lowest BCUT2D eigenvalue weighted by Crippen LogP contribution is -2.75. The van der Waals surface area contributed by atoms with Gasteiger partial charge in [0, 0.05) is 22.6 Å². The maximum atomic E-state index is 13.3. The highest BCUT2D eigenvalue weighted by Crippen LogP contribution is 2.64. The van der Waals surface area contributed by atoms with Crippen molar-refractivity contribution < 1.29 is 79.8 Å². The average molecular weight is 586 g/mol. The number of halogens is 17. The van der Waals surface area contributed by atoms with Crippen molar-refractivity contribution in [3.8, 4) is 0 Å². The molecule has 0 aliphatic heterocycles. The van der Waals surface area contributed by atoms with Crippen molar-refractivity contribution in [2.24, 2.45) is 0 Å². The lowest BCUT2D eigenvalue weighted by Gasteiger charge is -2.42. The van der Waals surface area contributed by atoms with Crippen molar-refractivity contribution in [3.63, 3.8) is 0 Å². The zero-order valence-corrected chi connectivity index (χ0v) is 14.9. The third kappa shape index (κ3) is 3.47.